The molecule has 3 rings (SSSR count). The molecule has 2 amide bonds. The van der Waals surface area contributed by atoms with E-state index in [-0.39, 0.29) is 23.8 Å². The lowest BCUT2D eigenvalue weighted by Gasteiger charge is -2.10. The number of thioether (sulfide) groups is 1. The molecule has 0 spiro atoms. The molecule has 2 N–H and O–H groups in total. The second-order valence-electron chi connectivity index (χ2n) is 7.03. The summed E-state index contributed by atoms with van der Waals surface area (Å²) in [5, 5.41) is 7.04. The zero-order valence-electron chi connectivity index (χ0n) is 17.9. The Labute approximate surface area is 211 Å². The summed E-state index contributed by atoms with van der Waals surface area (Å²) in [6.45, 7) is 0.207. The molecule has 0 aliphatic carbocycles. The van der Waals surface area contributed by atoms with Gasteiger partial charge in [0.1, 0.15) is 5.03 Å². The molecule has 0 radical (unpaired) electrons. The lowest BCUT2D eigenvalue weighted by Crippen LogP contribution is -2.28. The van der Waals surface area contributed by atoms with E-state index in [0.717, 1.165) is 22.9 Å². The number of nitrogens with one attached hydrogen (secondary N) is 2. The van der Waals surface area contributed by atoms with E-state index in [1.807, 2.05) is 12.1 Å². The van der Waals surface area contributed by atoms with Gasteiger partial charge in [-0.05, 0) is 47.5 Å². The SMILES string of the molecule is O=C(COC(=O)c1cccnc1SCC(=O)NCc1ccc(Cl)cc1)NCc1ccc(Cl)cc1. The minimum atomic E-state index is -0.696. The number of carbonyl (C=O) groups excluding carboxylic acids is 3. The Morgan fingerprint density at radius 2 is 1.38 bits per heavy atom. The van der Waals surface area contributed by atoms with E-state index in [2.05, 4.69) is 15.6 Å². The molecule has 0 saturated carbocycles. The number of hydrogen-bond acceptors (Lipinski definition) is 6. The van der Waals surface area contributed by atoms with Gasteiger partial charge in [-0.3, -0.25) is 9.59 Å². The van der Waals surface area contributed by atoms with Gasteiger partial charge < -0.3 is 15.4 Å². The number of pyridine rings is 1. The van der Waals surface area contributed by atoms with Crippen LogP contribution in [0.25, 0.3) is 0 Å². The third kappa shape index (κ3) is 8.37. The zero-order chi connectivity index (χ0) is 24.3. The van der Waals surface area contributed by atoms with Crippen molar-refractivity contribution in [2.24, 2.45) is 0 Å². The molecule has 0 bridgehead atoms. The highest BCUT2D eigenvalue weighted by atomic mass is 35.5. The first-order valence-corrected chi connectivity index (χ1v) is 11.9. The summed E-state index contributed by atoms with van der Waals surface area (Å²) >= 11 is 12.8. The molecular formula is C24H21Cl2N3O4S. The Morgan fingerprint density at radius 3 is 1.97 bits per heavy atom. The fraction of sp³-hybridized carbons (Fsp3) is 0.167. The number of rotatable bonds is 10. The summed E-state index contributed by atoms with van der Waals surface area (Å²) in [5.41, 5.74) is 1.96. The quantitative estimate of drug-likeness (QED) is 0.308. The summed E-state index contributed by atoms with van der Waals surface area (Å²) in [5.74, 6) is -1.29. The van der Waals surface area contributed by atoms with Crippen molar-refractivity contribution in [3.63, 3.8) is 0 Å². The fourth-order valence-electron chi connectivity index (χ4n) is 2.71. The van der Waals surface area contributed by atoms with Gasteiger partial charge in [0.2, 0.25) is 5.91 Å². The maximum Gasteiger partial charge on any atom is 0.341 e. The molecule has 7 nitrogen and oxygen atoms in total. The van der Waals surface area contributed by atoms with Crippen LogP contribution in [0.2, 0.25) is 10.0 Å². The highest BCUT2D eigenvalue weighted by molar-refractivity contribution is 8.00. The van der Waals surface area contributed by atoms with E-state index in [9.17, 15) is 14.4 Å². The van der Waals surface area contributed by atoms with E-state index in [1.54, 1.807) is 42.5 Å². The number of hydrogen-bond donors (Lipinski definition) is 2. The van der Waals surface area contributed by atoms with Crippen LogP contribution in [0.4, 0.5) is 0 Å². The van der Waals surface area contributed by atoms with Gasteiger partial charge in [0.05, 0.1) is 11.3 Å². The Morgan fingerprint density at radius 1 is 0.824 bits per heavy atom. The Kier molecular flexibility index (Phi) is 9.75. The summed E-state index contributed by atoms with van der Waals surface area (Å²) in [7, 11) is 0. The van der Waals surface area contributed by atoms with E-state index in [1.165, 1.54) is 12.3 Å². The van der Waals surface area contributed by atoms with Crippen molar-refractivity contribution in [3.8, 4) is 0 Å². The number of ether oxygens (including phenoxy) is 1. The van der Waals surface area contributed by atoms with Crippen molar-refractivity contribution < 1.29 is 19.1 Å². The van der Waals surface area contributed by atoms with E-state index < -0.39 is 18.5 Å². The van der Waals surface area contributed by atoms with E-state index >= 15 is 0 Å². The third-order valence-electron chi connectivity index (χ3n) is 4.47. The molecule has 1 aromatic heterocycles. The van der Waals surface area contributed by atoms with Crippen LogP contribution in [0.1, 0.15) is 21.5 Å². The van der Waals surface area contributed by atoms with Crippen molar-refractivity contribution in [2.75, 3.05) is 12.4 Å². The number of amides is 2. The average Bonchev–Trinajstić information content (AvgIpc) is 2.85. The third-order valence-corrected chi connectivity index (χ3v) is 5.98. The Hall–Kier alpha value is -3.07. The van der Waals surface area contributed by atoms with Crippen molar-refractivity contribution in [1.29, 1.82) is 0 Å². The first-order valence-electron chi connectivity index (χ1n) is 10.2. The van der Waals surface area contributed by atoms with Gasteiger partial charge in [-0.15, -0.1) is 0 Å². The first-order chi connectivity index (χ1) is 16.4. The summed E-state index contributed by atoms with van der Waals surface area (Å²) < 4.78 is 5.12. The van der Waals surface area contributed by atoms with Gasteiger partial charge in [0.25, 0.3) is 5.91 Å². The van der Waals surface area contributed by atoms with Crippen LogP contribution in [0.3, 0.4) is 0 Å². The molecule has 176 valence electrons. The maximum atomic E-state index is 12.5. The fourth-order valence-corrected chi connectivity index (χ4v) is 3.78. The van der Waals surface area contributed by atoms with E-state index in [0.29, 0.717) is 21.6 Å². The van der Waals surface area contributed by atoms with Crippen molar-refractivity contribution in [1.82, 2.24) is 15.6 Å². The van der Waals surface area contributed by atoms with Crippen molar-refractivity contribution in [3.05, 3.63) is 93.6 Å². The predicted molar refractivity (Wildman–Crippen MR) is 132 cm³/mol. The van der Waals surface area contributed by atoms with Gasteiger partial charge >= 0.3 is 5.97 Å². The van der Waals surface area contributed by atoms with Crippen molar-refractivity contribution >= 4 is 52.7 Å². The predicted octanol–water partition coefficient (Wildman–Crippen LogP) is 4.27. The van der Waals surface area contributed by atoms with Gasteiger partial charge in [-0.2, -0.15) is 0 Å². The largest absolute Gasteiger partial charge is 0.452 e. The molecule has 0 saturated heterocycles. The lowest BCUT2D eigenvalue weighted by molar-refractivity contribution is -0.124. The van der Waals surface area contributed by atoms with Crippen LogP contribution < -0.4 is 10.6 Å². The number of halogens is 2. The molecule has 0 fully saturated rings. The molecule has 0 aliphatic heterocycles. The number of carbonyl (C=O) groups is 3. The van der Waals surface area contributed by atoms with Crippen LogP contribution in [0, 0.1) is 0 Å². The van der Waals surface area contributed by atoms with Crippen LogP contribution in [0.15, 0.2) is 71.9 Å². The number of esters is 1. The van der Waals surface area contributed by atoms with Gasteiger partial charge in [0.15, 0.2) is 6.61 Å². The van der Waals surface area contributed by atoms with Crippen LogP contribution >= 0.6 is 35.0 Å². The summed E-state index contributed by atoms with van der Waals surface area (Å²) in [4.78, 5) is 40.9. The Balaban J connectivity index is 1.45. The Bertz CT molecular complexity index is 1140. The topological polar surface area (TPSA) is 97.4 Å². The smallest absolute Gasteiger partial charge is 0.341 e. The molecular weight excluding hydrogens is 497 g/mol. The number of benzene rings is 2. The van der Waals surface area contributed by atoms with Crippen LogP contribution in [-0.2, 0) is 27.4 Å². The lowest BCUT2D eigenvalue weighted by atomic mass is 10.2. The monoisotopic (exact) mass is 517 g/mol. The summed E-state index contributed by atoms with van der Waals surface area (Å²) in [6, 6.07) is 17.3. The second-order valence-corrected chi connectivity index (χ2v) is 8.86. The number of nitrogens with zero attached hydrogens (tertiary/aromatic N) is 1. The molecule has 1 heterocycles. The average molecular weight is 518 g/mol. The first kappa shape index (κ1) is 25.6. The maximum absolute atomic E-state index is 12.5. The van der Waals surface area contributed by atoms with Gasteiger partial charge in [0, 0.05) is 29.3 Å². The molecule has 34 heavy (non-hydrogen) atoms. The van der Waals surface area contributed by atoms with Crippen LogP contribution in [0.5, 0.6) is 0 Å². The zero-order valence-corrected chi connectivity index (χ0v) is 20.3. The number of aromatic nitrogens is 1. The standard InChI is InChI=1S/C24H21Cl2N3O4S/c25-18-7-3-16(4-8-18)12-28-21(30)14-33-24(32)20-2-1-11-27-23(20)34-15-22(31)29-13-17-5-9-19(26)10-6-17/h1-11H,12-15H2,(H,28,30)(H,29,31). The highest BCUT2D eigenvalue weighted by Gasteiger charge is 2.17. The molecule has 0 atom stereocenters. The summed E-state index contributed by atoms with van der Waals surface area (Å²) in [6.07, 6.45) is 1.52. The molecule has 0 aliphatic rings. The second kappa shape index (κ2) is 13.0. The highest BCUT2D eigenvalue weighted by Crippen LogP contribution is 2.20. The van der Waals surface area contributed by atoms with Gasteiger partial charge in [-0.1, -0.05) is 59.2 Å². The minimum absolute atomic E-state index is 0.0620. The van der Waals surface area contributed by atoms with E-state index in [4.69, 9.17) is 27.9 Å². The normalized spacial score (nSPS) is 10.4. The molecule has 0 unspecified atom stereocenters. The minimum Gasteiger partial charge on any atom is -0.452 e. The van der Waals surface area contributed by atoms with Crippen molar-refractivity contribution in [2.45, 2.75) is 18.1 Å². The molecule has 3 aromatic rings. The van der Waals surface area contributed by atoms with Crippen LogP contribution in [-0.4, -0.2) is 35.1 Å². The molecule has 2 aromatic carbocycles. The molecule has 10 heteroatoms. The van der Waals surface area contributed by atoms with Gasteiger partial charge in [-0.25, -0.2) is 9.78 Å².